The lowest BCUT2D eigenvalue weighted by molar-refractivity contribution is -0.0326. The summed E-state index contributed by atoms with van der Waals surface area (Å²) in [5, 5.41) is 5.87. The van der Waals surface area contributed by atoms with Crippen molar-refractivity contribution in [2.45, 2.75) is 41.5 Å². The molecule has 1 aliphatic heterocycles. The normalized spacial score (nSPS) is 21.9. The van der Waals surface area contributed by atoms with E-state index in [1.165, 1.54) is 0 Å². The molecule has 2 amide bonds. The second-order valence-electron chi connectivity index (χ2n) is 6.62. The molecule has 0 aromatic carbocycles. The Hall–Kier alpha value is -0.730. The Morgan fingerprint density at radius 2 is 1.27 bits per heavy atom. The van der Waals surface area contributed by atoms with E-state index < -0.39 is 0 Å². The van der Waals surface area contributed by atoms with Crippen LogP contribution in [0, 0.1) is 16.2 Å². The van der Waals surface area contributed by atoms with Crippen LogP contribution in [0.1, 0.15) is 41.5 Å². The zero-order chi connectivity index (χ0) is 11.9. The highest BCUT2D eigenvalue weighted by molar-refractivity contribution is 5.75. The van der Waals surface area contributed by atoms with Crippen molar-refractivity contribution in [1.82, 2.24) is 10.6 Å². The van der Waals surface area contributed by atoms with E-state index >= 15 is 0 Å². The number of rotatable bonds is 0. The number of urea groups is 1. The fourth-order valence-electron chi connectivity index (χ4n) is 2.77. The van der Waals surface area contributed by atoms with Crippen molar-refractivity contribution in [1.29, 1.82) is 0 Å². The Kier molecular flexibility index (Phi) is 2.79. The lowest BCUT2D eigenvalue weighted by atomic mass is 9.53. The number of carbonyl (C=O) groups is 1. The third-order valence-electron chi connectivity index (χ3n) is 3.97. The molecule has 0 saturated carbocycles. The minimum atomic E-state index is -0.0425. The minimum absolute atomic E-state index is 0.0425. The first-order valence-corrected chi connectivity index (χ1v) is 5.62. The molecule has 1 saturated heterocycles. The molecule has 0 unspecified atom stereocenters. The van der Waals surface area contributed by atoms with E-state index in [0.717, 1.165) is 13.1 Å². The monoisotopic (exact) mass is 212 g/mol. The second-order valence-corrected chi connectivity index (χ2v) is 6.62. The van der Waals surface area contributed by atoms with Gasteiger partial charge in [0.15, 0.2) is 0 Å². The molecular formula is C12H24N2O. The fourth-order valence-corrected chi connectivity index (χ4v) is 2.77. The van der Waals surface area contributed by atoms with Crippen LogP contribution < -0.4 is 10.6 Å². The van der Waals surface area contributed by atoms with Crippen LogP contribution in [0.15, 0.2) is 0 Å². The van der Waals surface area contributed by atoms with E-state index in [9.17, 15) is 4.79 Å². The lowest BCUT2D eigenvalue weighted by Gasteiger charge is -2.55. The Balaban J connectivity index is 3.04. The minimum Gasteiger partial charge on any atom is -0.337 e. The second kappa shape index (κ2) is 3.39. The van der Waals surface area contributed by atoms with Crippen molar-refractivity contribution in [3.8, 4) is 0 Å². The summed E-state index contributed by atoms with van der Waals surface area (Å²) in [5.41, 5.74) is 0.409. The third kappa shape index (κ3) is 1.97. The molecule has 0 spiro atoms. The van der Waals surface area contributed by atoms with Crippen LogP contribution in [0.25, 0.3) is 0 Å². The molecule has 0 bridgehead atoms. The summed E-state index contributed by atoms with van der Waals surface area (Å²) in [6, 6.07) is -0.0425. The van der Waals surface area contributed by atoms with E-state index in [1.807, 2.05) is 0 Å². The Labute approximate surface area is 93.0 Å². The molecule has 2 N–H and O–H groups in total. The third-order valence-corrected chi connectivity index (χ3v) is 3.97. The Morgan fingerprint density at radius 1 is 0.933 bits per heavy atom. The van der Waals surface area contributed by atoms with E-state index in [0.29, 0.717) is 0 Å². The first-order valence-electron chi connectivity index (χ1n) is 5.62. The first kappa shape index (κ1) is 12.3. The predicted octanol–water partition coefficient (Wildman–Crippen LogP) is 2.38. The number of amides is 2. The van der Waals surface area contributed by atoms with Crippen molar-refractivity contribution in [3.05, 3.63) is 0 Å². The zero-order valence-electron chi connectivity index (χ0n) is 10.8. The van der Waals surface area contributed by atoms with Crippen molar-refractivity contribution < 1.29 is 4.79 Å². The average molecular weight is 212 g/mol. The van der Waals surface area contributed by atoms with Gasteiger partial charge in [-0.15, -0.1) is 0 Å². The summed E-state index contributed by atoms with van der Waals surface area (Å²) in [6.07, 6.45) is 0. The van der Waals surface area contributed by atoms with Gasteiger partial charge in [-0.1, -0.05) is 41.5 Å². The highest BCUT2D eigenvalue weighted by Gasteiger charge is 2.52. The SMILES string of the molecule is CC(C)(C)C1(C(C)(C)C)CNC(=O)NC1. The quantitative estimate of drug-likeness (QED) is 0.636. The van der Waals surface area contributed by atoms with Crippen LogP contribution in [0.2, 0.25) is 0 Å². The summed E-state index contributed by atoms with van der Waals surface area (Å²) in [4.78, 5) is 11.2. The number of nitrogens with one attached hydrogen (secondary N) is 2. The molecule has 15 heavy (non-hydrogen) atoms. The summed E-state index contributed by atoms with van der Waals surface area (Å²) >= 11 is 0. The largest absolute Gasteiger partial charge is 0.337 e. The van der Waals surface area contributed by atoms with Gasteiger partial charge in [0.2, 0.25) is 0 Å². The van der Waals surface area contributed by atoms with Crippen LogP contribution in [0.4, 0.5) is 4.79 Å². The molecule has 3 nitrogen and oxygen atoms in total. The topological polar surface area (TPSA) is 41.1 Å². The lowest BCUT2D eigenvalue weighted by Crippen LogP contribution is -2.64. The van der Waals surface area contributed by atoms with Gasteiger partial charge in [0, 0.05) is 18.5 Å². The Morgan fingerprint density at radius 3 is 1.53 bits per heavy atom. The molecule has 0 aliphatic carbocycles. The van der Waals surface area contributed by atoms with Crippen molar-refractivity contribution in [2.24, 2.45) is 16.2 Å². The summed E-state index contributed by atoms with van der Waals surface area (Å²) in [7, 11) is 0. The molecular weight excluding hydrogens is 188 g/mol. The van der Waals surface area contributed by atoms with Crippen LogP contribution >= 0.6 is 0 Å². The Bertz CT molecular complexity index is 232. The van der Waals surface area contributed by atoms with Crippen molar-refractivity contribution in [2.75, 3.05) is 13.1 Å². The summed E-state index contributed by atoms with van der Waals surface area (Å²) in [5.74, 6) is 0. The molecule has 88 valence electrons. The van der Waals surface area contributed by atoms with Crippen molar-refractivity contribution in [3.63, 3.8) is 0 Å². The molecule has 0 radical (unpaired) electrons. The van der Waals surface area contributed by atoms with Gasteiger partial charge >= 0.3 is 6.03 Å². The number of hydrogen-bond donors (Lipinski definition) is 2. The number of carbonyl (C=O) groups excluding carboxylic acids is 1. The number of hydrogen-bond acceptors (Lipinski definition) is 1. The van der Waals surface area contributed by atoms with E-state index in [-0.39, 0.29) is 22.3 Å². The molecule has 3 heteroatoms. The van der Waals surface area contributed by atoms with Gasteiger partial charge in [-0.05, 0) is 10.8 Å². The first-order chi connectivity index (χ1) is 6.60. The smallest absolute Gasteiger partial charge is 0.314 e. The maximum absolute atomic E-state index is 11.2. The predicted molar refractivity (Wildman–Crippen MR) is 62.7 cm³/mol. The van der Waals surface area contributed by atoms with Crippen molar-refractivity contribution >= 4 is 6.03 Å². The van der Waals surface area contributed by atoms with E-state index in [1.54, 1.807) is 0 Å². The molecule has 0 atom stereocenters. The average Bonchev–Trinajstić information content (AvgIpc) is 2.00. The van der Waals surface area contributed by atoms with Crippen LogP contribution in [0.5, 0.6) is 0 Å². The maximum atomic E-state index is 11.2. The molecule has 1 fully saturated rings. The summed E-state index contributed by atoms with van der Waals surface area (Å²) in [6.45, 7) is 15.0. The molecule has 1 aliphatic rings. The molecule has 0 aromatic rings. The zero-order valence-corrected chi connectivity index (χ0v) is 10.8. The van der Waals surface area contributed by atoms with Crippen LogP contribution in [-0.2, 0) is 0 Å². The van der Waals surface area contributed by atoms with Crippen LogP contribution in [0.3, 0.4) is 0 Å². The van der Waals surface area contributed by atoms with Gasteiger partial charge in [0.25, 0.3) is 0 Å². The summed E-state index contributed by atoms with van der Waals surface area (Å²) < 4.78 is 0. The standard InChI is InChI=1S/C12H24N2O/c1-10(2,3)12(11(4,5)6)7-13-9(15)14-8-12/h7-8H2,1-6H3,(H2,13,14,15). The molecule has 1 rings (SSSR count). The van der Waals surface area contributed by atoms with Gasteiger partial charge in [0.05, 0.1) is 0 Å². The highest BCUT2D eigenvalue weighted by atomic mass is 16.2. The van der Waals surface area contributed by atoms with Gasteiger partial charge in [-0.25, -0.2) is 4.79 Å². The van der Waals surface area contributed by atoms with E-state index in [4.69, 9.17) is 0 Å². The maximum Gasteiger partial charge on any atom is 0.314 e. The van der Waals surface area contributed by atoms with Gasteiger partial charge in [-0.2, -0.15) is 0 Å². The molecule has 0 aromatic heterocycles. The fraction of sp³-hybridized carbons (Fsp3) is 0.917. The van der Waals surface area contributed by atoms with Gasteiger partial charge in [0.1, 0.15) is 0 Å². The van der Waals surface area contributed by atoms with E-state index in [2.05, 4.69) is 52.2 Å². The van der Waals surface area contributed by atoms with Gasteiger partial charge < -0.3 is 10.6 Å². The van der Waals surface area contributed by atoms with Gasteiger partial charge in [-0.3, -0.25) is 0 Å². The van der Waals surface area contributed by atoms with Crippen LogP contribution in [-0.4, -0.2) is 19.1 Å². The molecule has 1 heterocycles. The highest BCUT2D eigenvalue weighted by Crippen LogP contribution is 2.51.